The normalized spacial score (nSPS) is 11.2. The summed E-state index contributed by atoms with van der Waals surface area (Å²) in [5.74, 6) is 1.23. The third-order valence-electron chi connectivity index (χ3n) is 3.93. The second-order valence-electron chi connectivity index (χ2n) is 5.90. The van der Waals surface area contributed by atoms with E-state index >= 15 is 0 Å². The number of aromatic amines is 1. The summed E-state index contributed by atoms with van der Waals surface area (Å²) in [5, 5.41) is 3.98. The maximum Gasteiger partial charge on any atom is 0.266 e. The molecule has 0 aliphatic rings. The average molecular weight is 383 g/mol. The summed E-state index contributed by atoms with van der Waals surface area (Å²) in [7, 11) is 0. The molecule has 2 aromatic carbocycles. The van der Waals surface area contributed by atoms with Gasteiger partial charge >= 0.3 is 0 Å². The molecule has 0 unspecified atom stereocenters. The van der Waals surface area contributed by atoms with Crippen LogP contribution >= 0.6 is 23.4 Å². The van der Waals surface area contributed by atoms with Gasteiger partial charge in [0.15, 0.2) is 16.6 Å². The summed E-state index contributed by atoms with van der Waals surface area (Å²) < 4.78 is 1.61. The molecule has 0 fully saturated rings. The summed E-state index contributed by atoms with van der Waals surface area (Å²) in [6.45, 7) is 2.06. The van der Waals surface area contributed by atoms with Crippen molar-refractivity contribution in [2.24, 2.45) is 0 Å². The summed E-state index contributed by atoms with van der Waals surface area (Å²) in [5.41, 5.74) is 3.45. The molecule has 0 amide bonds. The number of aromatic nitrogens is 4. The molecule has 2 heterocycles. The lowest BCUT2D eigenvalue weighted by atomic mass is 10.2. The molecular formula is C19H15ClN4OS. The van der Waals surface area contributed by atoms with Crippen molar-refractivity contribution in [1.29, 1.82) is 0 Å². The van der Waals surface area contributed by atoms with E-state index in [-0.39, 0.29) is 5.56 Å². The van der Waals surface area contributed by atoms with Crippen molar-refractivity contribution >= 4 is 29.0 Å². The van der Waals surface area contributed by atoms with E-state index in [9.17, 15) is 4.79 Å². The minimum absolute atomic E-state index is 0.215. The second-order valence-corrected chi connectivity index (χ2v) is 7.25. The Balaban J connectivity index is 1.76. The van der Waals surface area contributed by atoms with Crippen LogP contribution in [0.1, 0.15) is 11.1 Å². The van der Waals surface area contributed by atoms with Gasteiger partial charge in [0.05, 0.1) is 5.02 Å². The van der Waals surface area contributed by atoms with Gasteiger partial charge < -0.3 is 0 Å². The van der Waals surface area contributed by atoms with E-state index in [1.165, 1.54) is 29.0 Å². The SMILES string of the molecule is Cc1ccc(CSc2nc(-c3ccccc3Cl)nc3cc(=O)[nH]n23)cc1. The van der Waals surface area contributed by atoms with Gasteiger partial charge in [-0.25, -0.2) is 14.5 Å². The summed E-state index contributed by atoms with van der Waals surface area (Å²) >= 11 is 7.83. The summed E-state index contributed by atoms with van der Waals surface area (Å²) in [6, 6.07) is 17.2. The molecule has 0 atom stereocenters. The molecule has 4 rings (SSSR count). The van der Waals surface area contributed by atoms with Crippen LogP contribution in [0.5, 0.6) is 0 Å². The standard InChI is InChI=1S/C19H15ClN4OS/c1-12-6-8-13(9-7-12)11-26-19-22-18(14-4-2-3-5-15(14)20)21-16-10-17(25)23-24(16)19/h2-10H,11H2,1H3,(H,23,25). The Hall–Kier alpha value is -2.57. The van der Waals surface area contributed by atoms with Gasteiger partial charge in [-0.2, -0.15) is 0 Å². The monoisotopic (exact) mass is 382 g/mol. The van der Waals surface area contributed by atoms with Crippen molar-refractivity contribution in [2.45, 2.75) is 17.8 Å². The number of rotatable bonds is 4. The van der Waals surface area contributed by atoms with E-state index in [1.54, 1.807) is 10.6 Å². The lowest BCUT2D eigenvalue weighted by molar-refractivity contribution is 0.766. The van der Waals surface area contributed by atoms with Gasteiger partial charge in [0, 0.05) is 17.4 Å². The van der Waals surface area contributed by atoms with E-state index in [4.69, 9.17) is 11.6 Å². The van der Waals surface area contributed by atoms with E-state index < -0.39 is 0 Å². The molecule has 0 saturated carbocycles. The molecule has 0 bridgehead atoms. The highest BCUT2D eigenvalue weighted by Gasteiger charge is 2.13. The largest absolute Gasteiger partial charge is 0.268 e. The summed E-state index contributed by atoms with van der Waals surface area (Å²) in [4.78, 5) is 20.9. The number of hydrogen-bond donors (Lipinski definition) is 1. The molecule has 26 heavy (non-hydrogen) atoms. The van der Waals surface area contributed by atoms with E-state index in [0.717, 1.165) is 11.3 Å². The van der Waals surface area contributed by atoms with Gasteiger partial charge in [0.1, 0.15) is 0 Å². The minimum Gasteiger partial charge on any atom is -0.268 e. The van der Waals surface area contributed by atoms with Crippen molar-refractivity contribution in [3.8, 4) is 11.4 Å². The van der Waals surface area contributed by atoms with Crippen LogP contribution < -0.4 is 5.56 Å². The zero-order valence-electron chi connectivity index (χ0n) is 13.9. The Kier molecular flexibility index (Phi) is 4.53. The average Bonchev–Trinajstić information content (AvgIpc) is 3.01. The molecule has 4 aromatic rings. The number of nitrogens with zero attached hydrogens (tertiary/aromatic N) is 3. The van der Waals surface area contributed by atoms with Crippen molar-refractivity contribution in [3.05, 3.63) is 81.1 Å². The van der Waals surface area contributed by atoms with Gasteiger partial charge in [-0.05, 0) is 24.6 Å². The number of benzene rings is 2. The van der Waals surface area contributed by atoms with Gasteiger partial charge in [-0.15, -0.1) is 0 Å². The number of hydrogen-bond acceptors (Lipinski definition) is 4. The molecule has 0 radical (unpaired) electrons. The molecule has 2 aromatic heterocycles. The Morgan fingerprint density at radius 1 is 1.12 bits per heavy atom. The molecular weight excluding hydrogens is 368 g/mol. The molecule has 1 N–H and O–H groups in total. The smallest absolute Gasteiger partial charge is 0.266 e. The minimum atomic E-state index is -0.215. The number of halogens is 1. The highest BCUT2D eigenvalue weighted by Crippen LogP contribution is 2.28. The molecule has 0 aliphatic carbocycles. The first-order chi connectivity index (χ1) is 12.6. The second kappa shape index (κ2) is 6.97. The van der Waals surface area contributed by atoms with Gasteiger partial charge in [0.25, 0.3) is 5.56 Å². The predicted octanol–water partition coefficient (Wildman–Crippen LogP) is 4.34. The first kappa shape index (κ1) is 16.9. The number of thioether (sulfide) groups is 1. The fourth-order valence-corrected chi connectivity index (χ4v) is 3.70. The van der Waals surface area contributed by atoms with Crippen LogP contribution in [0.2, 0.25) is 5.02 Å². The number of aryl methyl sites for hydroxylation is 1. The molecule has 0 saturated heterocycles. The Morgan fingerprint density at radius 3 is 2.65 bits per heavy atom. The van der Waals surface area contributed by atoms with Crippen LogP contribution in [-0.2, 0) is 5.75 Å². The van der Waals surface area contributed by atoms with Crippen molar-refractivity contribution in [2.75, 3.05) is 0 Å². The van der Waals surface area contributed by atoms with Crippen LogP contribution in [0.4, 0.5) is 0 Å². The topological polar surface area (TPSA) is 63.0 Å². The Bertz CT molecular complexity index is 1130. The third kappa shape index (κ3) is 3.38. The van der Waals surface area contributed by atoms with Gasteiger partial charge in [-0.3, -0.25) is 9.89 Å². The first-order valence-corrected chi connectivity index (χ1v) is 9.39. The predicted molar refractivity (Wildman–Crippen MR) is 105 cm³/mol. The van der Waals surface area contributed by atoms with Crippen LogP contribution in [0.25, 0.3) is 17.0 Å². The lowest BCUT2D eigenvalue weighted by Crippen LogP contribution is -2.04. The molecule has 0 spiro atoms. The number of nitrogens with one attached hydrogen (secondary N) is 1. The van der Waals surface area contributed by atoms with Crippen LogP contribution in [0.15, 0.2) is 64.5 Å². The Morgan fingerprint density at radius 2 is 1.88 bits per heavy atom. The molecule has 5 nitrogen and oxygen atoms in total. The summed E-state index contributed by atoms with van der Waals surface area (Å²) in [6.07, 6.45) is 0. The maximum atomic E-state index is 11.8. The van der Waals surface area contributed by atoms with Crippen LogP contribution in [0, 0.1) is 6.92 Å². The van der Waals surface area contributed by atoms with Gasteiger partial charge in [-0.1, -0.05) is 65.3 Å². The van der Waals surface area contributed by atoms with E-state index in [2.05, 4.69) is 46.3 Å². The fraction of sp³-hybridized carbons (Fsp3) is 0.105. The third-order valence-corrected chi connectivity index (χ3v) is 5.27. The zero-order valence-corrected chi connectivity index (χ0v) is 15.5. The maximum absolute atomic E-state index is 11.8. The van der Waals surface area contributed by atoms with E-state index in [0.29, 0.717) is 21.7 Å². The van der Waals surface area contributed by atoms with Crippen molar-refractivity contribution in [3.63, 3.8) is 0 Å². The number of H-pyrrole nitrogens is 1. The van der Waals surface area contributed by atoms with Crippen molar-refractivity contribution < 1.29 is 0 Å². The zero-order chi connectivity index (χ0) is 18.1. The molecule has 0 aliphatic heterocycles. The highest BCUT2D eigenvalue weighted by atomic mass is 35.5. The van der Waals surface area contributed by atoms with Gasteiger partial charge in [0.2, 0.25) is 0 Å². The lowest BCUT2D eigenvalue weighted by Gasteiger charge is -2.08. The molecule has 7 heteroatoms. The quantitative estimate of drug-likeness (QED) is 0.533. The highest BCUT2D eigenvalue weighted by molar-refractivity contribution is 7.98. The van der Waals surface area contributed by atoms with Crippen LogP contribution in [0.3, 0.4) is 0 Å². The molecule has 130 valence electrons. The number of fused-ring (bicyclic) bond motifs is 1. The fourth-order valence-electron chi connectivity index (χ4n) is 2.58. The van der Waals surface area contributed by atoms with Crippen LogP contribution in [-0.4, -0.2) is 19.6 Å². The van der Waals surface area contributed by atoms with Crippen molar-refractivity contribution in [1.82, 2.24) is 19.6 Å². The first-order valence-electron chi connectivity index (χ1n) is 8.03. The van der Waals surface area contributed by atoms with E-state index in [1.807, 2.05) is 18.2 Å². The Labute approximate surface area is 159 Å².